The van der Waals surface area contributed by atoms with Gasteiger partial charge < -0.3 is 29.7 Å². The Bertz CT molecular complexity index is 1410. The number of nitrogens with zero attached hydrogens (tertiary/aromatic N) is 1. The molecule has 0 radical (unpaired) electrons. The fourth-order valence-corrected chi connectivity index (χ4v) is 4.13. The zero-order valence-electron chi connectivity index (χ0n) is 25.2. The third kappa shape index (κ3) is 8.71. The van der Waals surface area contributed by atoms with Gasteiger partial charge in [-0.05, 0) is 75.2 Å². The number of Topliss-reactive ketones (excluding diaryl/α,β-unsaturated/α-hetero) is 1. The summed E-state index contributed by atoms with van der Waals surface area (Å²) in [7, 11) is 4.77. The van der Waals surface area contributed by atoms with Crippen LogP contribution in [0.15, 0.2) is 60.7 Å². The van der Waals surface area contributed by atoms with Crippen LogP contribution < -0.4 is 30.3 Å². The summed E-state index contributed by atoms with van der Waals surface area (Å²) >= 11 is 0. The minimum absolute atomic E-state index is 0.0499. The summed E-state index contributed by atoms with van der Waals surface area (Å²) in [5.74, 6) is 0.543. The van der Waals surface area contributed by atoms with E-state index in [0.717, 1.165) is 16.8 Å². The number of carbonyl (C=O) groups is 3. The van der Waals surface area contributed by atoms with E-state index >= 15 is 0 Å². The van der Waals surface area contributed by atoms with Gasteiger partial charge in [-0.25, -0.2) is 9.59 Å². The molecule has 10 nitrogen and oxygen atoms in total. The quantitative estimate of drug-likeness (QED) is 0.183. The lowest BCUT2D eigenvalue weighted by molar-refractivity contribution is -0.118. The zero-order chi connectivity index (χ0) is 30.8. The molecule has 0 spiro atoms. The van der Waals surface area contributed by atoms with Gasteiger partial charge in [0.2, 0.25) is 0 Å². The lowest BCUT2D eigenvalue weighted by atomic mass is 10.1. The molecular formula is C32H40N4O6. The largest absolute Gasteiger partial charge is 0.495 e. The predicted octanol–water partition coefficient (Wildman–Crippen LogP) is 5.41. The second-order valence-electron chi connectivity index (χ2n) is 10.2. The van der Waals surface area contributed by atoms with Gasteiger partial charge in [-0.1, -0.05) is 24.3 Å². The topological polar surface area (TPSA) is 118 Å². The van der Waals surface area contributed by atoms with Crippen LogP contribution in [-0.2, 0) is 16.0 Å². The van der Waals surface area contributed by atoms with E-state index in [4.69, 9.17) is 14.2 Å². The monoisotopic (exact) mass is 576 g/mol. The van der Waals surface area contributed by atoms with E-state index in [0.29, 0.717) is 28.4 Å². The second kappa shape index (κ2) is 14.9. The molecule has 3 aromatic carbocycles. The number of rotatable bonds is 13. The molecule has 0 bridgehead atoms. The van der Waals surface area contributed by atoms with Crippen molar-refractivity contribution in [3.63, 3.8) is 0 Å². The smallest absolute Gasteiger partial charge is 0.337 e. The van der Waals surface area contributed by atoms with Crippen molar-refractivity contribution in [1.29, 1.82) is 0 Å². The normalized spacial score (nSPS) is 11.4. The van der Waals surface area contributed by atoms with Crippen LogP contribution in [0.1, 0.15) is 42.3 Å². The first-order chi connectivity index (χ1) is 20.0. The summed E-state index contributed by atoms with van der Waals surface area (Å²) in [4.78, 5) is 39.3. The molecule has 42 heavy (non-hydrogen) atoms. The van der Waals surface area contributed by atoms with E-state index in [1.54, 1.807) is 36.4 Å². The number of urea groups is 1. The van der Waals surface area contributed by atoms with Gasteiger partial charge in [0.05, 0.1) is 37.7 Å². The minimum atomic E-state index is -0.481. The van der Waals surface area contributed by atoms with Crippen LogP contribution in [0.25, 0.3) is 0 Å². The first-order valence-corrected chi connectivity index (χ1v) is 13.7. The Morgan fingerprint density at radius 1 is 0.881 bits per heavy atom. The Morgan fingerprint density at radius 2 is 1.60 bits per heavy atom. The third-order valence-electron chi connectivity index (χ3n) is 6.73. The summed E-state index contributed by atoms with van der Waals surface area (Å²) in [6, 6.07) is 17.6. The fourth-order valence-electron chi connectivity index (χ4n) is 4.13. The molecule has 3 aromatic rings. The van der Waals surface area contributed by atoms with Gasteiger partial charge in [-0.2, -0.15) is 0 Å². The van der Waals surface area contributed by atoms with E-state index in [9.17, 15) is 14.4 Å². The second-order valence-corrected chi connectivity index (χ2v) is 10.2. The number of ether oxygens (including phenoxy) is 3. The van der Waals surface area contributed by atoms with Crippen LogP contribution in [0, 0.1) is 6.92 Å². The maximum absolute atomic E-state index is 12.8. The number of ketones is 1. The van der Waals surface area contributed by atoms with Gasteiger partial charge >= 0.3 is 12.0 Å². The van der Waals surface area contributed by atoms with E-state index < -0.39 is 18.2 Å². The Kier molecular flexibility index (Phi) is 11.3. The molecule has 0 saturated heterocycles. The van der Waals surface area contributed by atoms with Gasteiger partial charge in [-0.15, -0.1) is 0 Å². The lowest BCUT2D eigenvalue weighted by Crippen LogP contribution is -2.36. The molecule has 0 aliphatic rings. The van der Waals surface area contributed by atoms with Crippen molar-refractivity contribution in [2.45, 2.75) is 46.4 Å². The number of benzene rings is 3. The van der Waals surface area contributed by atoms with Crippen LogP contribution in [0.5, 0.6) is 11.5 Å². The zero-order valence-corrected chi connectivity index (χ0v) is 25.2. The molecule has 0 heterocycles. The molecule has 0 aliphatic carbocycles. The molecule has 0 saturated carbocycles. The summed E-state index contributed by atoms with van der Waals surface area (Å²) in [5.41, 5.74) is 4.05. The molecule has 3 rings (SSSR count). The van der Waals surface area contributed by atoms with Gasteiger partial charge in [0.1, 0.15) is 17.7 Å². The highest BCUT2D eigenvalue weighted by Gasteiger charge is 2.18. The van der Waals surface area contributed by atoms with Crippen LogP contribution in [-0.4, -0.2) is 57.9 Å². The highest BCUT2D eigenvalue weighted by molar-refractivity contribution is 6.01. The molecule has 0 aliphatic heterocycles. The maximum Gasteiger partial charge on any atom is 0.337 e. The van der Waals surface area contributed by atoms with E-state index in [1.807, 2.05) is 63.9 Å². The standard InChI is InChI=1S/C32H40N4O6/c1-20(2)36(5)28-18-24(31(38)41-7)13-15-29(28)42-22(4)33-19-25(37)16-23-12-14-27(30(17-23)40-6)35-32(39)34-26-11-9-8-10-21(26)3/h8-15,17-18,20,22,33H,16,19H2,1-7H3,(H2,34,35,39). The van der Waals surface area contributed by atoms with Crippen LogP contribution >= 0.6 is 0 Å². The van der Waals surface area contributed by atoms with Gasteiger partial charge in [-0.3, -0.25) is 10.1 Å². The Hall–Kier alpha value is -4.57. The van der Waals surface area contributed by atoms with Crippen LogP contribution in [0.2, 0.25) is 0 Å². The maximum atomic E-state index is 12.8. The summed E-state index contributed by atoms with van der Waals surface area (Å²) in [6.07, 6.45) is -0.314. The predicted molar refractivity (Wildman–Crippen MR) is 165 cm³/mol. The number of methoxy groups -OCH3 is 2. The molecule has 3 N–H and O–H groups in total. The summed E-state index contributed by atoms with van der Waals surface area (Å²) in [6.45, 7) is 7.87. The number of nitrogens with one attached hydrogen (secondary N) is 3. The molecule has 2 amide bonds. The lowest BCUT2D eigenvalue weighted by Gasteiger charge is -2.28. The van der Waals surface area contributed by atoms with Crippen LogP contribution in [0.4, 0.5) is 21.9 Å². The first-order valence-electron chi connectivity index (χ1n) is 13.7. The average molecular weight is 577 g/mol. The summed E-state index contributed by atoms with van der Waals surface area (Å²) in [5, 5.41) is 8.73. The Labute approximate surface area is 247 Å². The Morgan fingerprint density at radius 3 is 2.26 bits per heavy atom. The van der Waals surface area contributed by atoms with E-state index in [1.165, 1.54) is 14.2 Å². The van der Waals surface area contributed by atoms with Crippen molar-refractivity contribution in [1.82, 2.24) is 5.32 Å². The number of aryl methyl sites for hydroxylation is 1. The van der Waals surface area contributed by atoms with E-state index in [-0.39, 0.29) is 24.8 Å². The molecule has 1 atom stereocenters. The number of carbonyl (C=O) groups excluding carboxylic acids is 3. The minimum Gasteiger partial charge on any atom is -0.495 e. The van der Waals surface area contributed by atoms with Crippen LogP contribution in [0.3, 0.4) is 0 Å². The van der Waals surface area contributed by atoms with Crippen molar-refractivity contribution in [3.8, 4) is 11.5 Å². The first kappa shape index (κ1) is 32.0. The highest BCUT2D eigenvalue weighted by Crippen LogP contribution is 2.31. The number of hydrogen-bond donors (Lipinski definition) is 3. The van der Waals surface area contributed by atoms with Crippen molar-refractivity contribution >= 4 is 34.8 Å². The Balaban J connectivity index is 1.58. The number of anilines is 3. The molecule has 0 fully saturated rings. The number of amides is 2. The molecule has 224 valence electrons. The van der Waals surface area contributed by atoms with Gasteiger partial charge in [0.25, 0.3) is 0 Å². The highest BCUT2D eigenvalue weighted by atomic mass is 16.5. The molecule has 0 aromatic heterocycles. The van der Waals surface area contributed by atoms with Crippen molar-refractivity contribution in [2.75, 3.05) is 43.3 Å². The number of esters is 1. The number of para-hydroxylation sites is 1. The van der Waals surface area contributed by atoms with Crippen molar-refractivity contribution in [3.05, 3.63) is 77.4 Å². The molecular weight excluding hydrogens is 536 g/mol. The average Bonchev–Trinajstić information content (AvgIpc) is 2.97. The van der Waals surface area contributed by atoms with Crippen molar-refractivity contribution < 1.29 is 28.6 Å². The fraction of sp³-hybridized carbons (Fsp3) is 0.344. The molecule has 1 unspecified atom stereocenters. The summed E-state index contributed by atoms with van der Waals surface area (Å²) < 4.78 is 16.4. The van der Waals surface area contributed by atoms with E-state index in [2.05, 4.69) is 16.0 Å². The number of hydrogen-bond acceptors (Lipinski definition) is 8. The van der Waals surface area contributed by atoms with Crippen molar-refractivity contribution in [2.24, 2.45) is 0 Å². The molecule has 10 heteroatoms. The van der Waals surface area contributed by atoms with Gasteiger partial charge in [0, 0.05) is 25.2 Å². The third-order valence-corrected chi connectivity index (χ3v) is 6.73. The SMILES string of the molecule is COC(=O)c1ccc(OC(C)NCC(=O)Cc2ccc(NC(=O)Nc3ccccc3C)c(OC)c2)c(N(C)C(C)C)c1. The van der Waals surface area contributed by atoms with Gasteiger partial charge in [0.15, 0.2) is 5.78 Å².